The van der Waals surface area contributed by atoms with Crippen molar-refractivity contribution in [3.63, 3.8) is 0 Å². The molecular weight excluding hydrogens is 489 g/mol. The molecule has 11 heteroatoms. The number of amides is 3. The standard InChI is InChI=1S/C25H27ClFN5O4/c1-4-16(26)7-10-22(28)30-25(35)32-14-18(36-3)13-21(32)23(33)29-20-9-8-17(12-19(20)27)31-11-5-6-15(2)24(31)34/h4-12,18,21H,1,13-14,28H2,2-3H3,(H,29,33)(H,30,35)/b16-7+,22-10+/t18-,21-/m1/s1. The van der Waals surface area contributed by atoms with Crippen LogP contribution in [0.25, 0.3) is 5.69 Å². The normalized spacial score (nSPS) is 18.2. The zero-order valence-corrected chi connectivity index (χ0v) is 20.6. The summed E-state index contributed by atoms with van der Waals surface area (Å²) in [5.74, 6) is -1.32. The molecule has 1 saturated heterocycles. The number of rotatable bonds is 7. The Bertz CT molecular complexity index is 1290. The molecule has 1 fully saturated rings. The van der Waals surface area contributed by atoms with Gasteiger partial charge in [0.15, 0.2) is 0 Å². The molecule has 0 unspecified atom stereocenters. The Labute approximate surface area is 212 Å². The lowest BCUT2D eigenvalue weighted by Gasteiger charge is -2.24. The predicted octanol–water partition coefficient (Wildman–Crippen LogP) is 3.13. The Kier molecular flexibility index (Phi) is 8.68. The number of pyridine rings is 1. The Balaban J connectivity index is 1.77. The quantitative estimate of drug-likeness (QED) is 0.489. The number of aromatic nitrogens is 1. The molecular formula is C25H27ClFN5O4. The zero-order chi connectivity index (χ0) is 26.4. The van der Waals surface area contributed by atoms with E-state index in [1.165, 1.54) is 53.1 Å². The maximum absolute atomic E-state index is 14.9. The highest BCUT2D eigenvalue weighted by Crippen LogP contribution is 2.24. The summed E-state index contributed by atoms with van der Waals surface area (Å²) in [7, 11) is 1.48. The summed E-state index contributed by atoms with van der Waals surface area (Å²) in [5.41, 5.74) is 6.28. The van der Waals surface area contributed by atoms with Crippen molar-refractivity contribution in [3.8, 4) is 5.69 Å². The van der Waals surface area contributed by atoms with Crippen LogP contribution in [0.3, 0.4) is 0 Å². The molecule has 3 amide bonds. The Hall–Kier alpha value is -3.89. The van der Waals surface area contributed by atoms with Gasteiger partial charge in [-0.1, -0.05) is 30.3 Å². The van der Waals surface area contributed by atoms with Crippen molar-refractivity contribution in [2.45, 2.75) is 25.5 Å². The first-order valence-electron chi connectivity index (χ1n) is 11.0. The van der Waals surface area contributed by atoms with Crippen LogP contribution >= 0.6 is 11.6 Å². The second-order valence-corrected chi connectivity index (χ2v) is 8.53. The smallest absolute Gasteiger partial charge is 0.323 e. The topological polar surface area (TPSA) is 119 Å². The number of halogens is 2. The second kappa shape index (κ2) is 11.7. The van der Waals surface area contributed by atoms with Crippen LogP contribution in [0, 0.1) is 12.7 Å². The van der Waals surface area contributed by atoms with E-state index >= 15 is 0 Å². The van der Waals surface area contributed by atoms with E-state index in [4.69, 9.17) is 22.1 Å². The molecule has 3 rings (SSSR count). The molecule has 1 aromatic carbocycles. The highest BCUT2D eigenvalue weighted by molar-refractivity contribution is 6.31. The largest absolute Gasteiger partial charge is 0.385 e. The molecule has 0 radical (unpaired) electrons. The first-order chi connectivity index (χ1) is 17.1. The van der Waals surface area contributed by atoms with Gasteiger partial charge >= 0.3 is 6.03 Å². The number of allylic oxidation sites excluding steroid dienone is 4. The highest BCUT2D eigenvalue weighted by Gasteiger charge is 2.40. The van der Waals surface area contributed by atoms with Crippen molar-refractivity contribution < 1.29 is 18.7 Å². The number of methoxy groups -OCH3 is 1. The molecule has 0 spiro atoms. The number of aryl methyl sites for hydroxylation is 1. The van der Waals surface area contributed by atoms with Gasteiger partial charge in [-0.15, -0.1) is 0 Å². The minimum absolute atomic E-state index is 0.00745. The molecule has 2 aromatic rings. The molecule has 1 aliphatic heterocycles. The van der Waals surface area contributed by atoms with E-state index in [1.54, 1.807) is 19.1 Å². The van der Waals surface area contributed by atoms with Crippen LogP contribution in [0.15, 0.2) is 77.0 Å². The second-order valence-electron chi connectivity index (χ2n) is 8.09. The average molecular weight is 516 g/mol. The summed E-state index contributed by atoms with van der Waals surface area (Å²) < 4.78 is 21.5. The number of likely N-dealkylation sites (tertiary alicyclic amines) is 1. The summed E-state index contributed by atoms with van der Waals surface area (Å²) in [6.45, 7) is 5.31. The molecule has 9 nitrogen and oxygen atoms in total. The van der Waals surface area contributed by atoms with Crippen LogP contribution in [0.2, 0.25) is 0 Å². The van der Waals surface area contributed by atoms with Crippen molar-refractivity contribution in [2.75, 3.05) is 19.0 Å². The maximum atomic E-state index is 14.9. The number of hydrogen-bond donors (Lipinski definition) is 3. The van der Waals surface area contributed by atoms with Gasteiger partial charge < -0.3 is 20.7 Å². The van der Waals surface area contributed by atoms with Gasteiger partial charge in [-0.05, 0) is 37.3 Å². The lowest BCUT2D eigenvalue weighted by Crippen LogP contribution is -2.48. The van der Waals surface area contributed by atoms with Crippen molar-refractivity contribution in [1.82, 2.24) is 14.8 Å². The lowest BCUT2D eigenvalue weighted by atomic mass is 10.1. The van der Waals surface area contributed by atoms with Crippen molar-refractivity contribution >= 4 is 29.2 Å². The van der Waals surface area contributed by atoms with E-state index in [1.807, 2.05) is 0 Å². The Morgan fingerprint density at radius 2 is 2.06 bits per heavy atom. The average Bonchev–Trinajstić information content (AvgIpc) is 3.30. The van der Waals surface area contributed by atoms with E-state index in [-0.39, 0.29) is 30.0 Å². The van der Waals surface area contributed by atoms with Gasteiger partial charge in [-0.2, -0.15) is 0 Å². The number of anilines is 1. The number of nitrogens with two attached hydrogens (primary N) is 1. The highest BCUT2D eigenvalue weighted by atomic mass is 35.5. The first kappa shape index (κ1) is 26.7. The van der Waals surface area contributed by atoms with Gasteiger partial charge in [0, 0.05) is 42.9 Å². The molecule has 36 heavy (non-hydrogen) atoms. The summed E-state index contributed by atoms with van der Waals surface area (Å²) in [5, 5.41) is 5.34. The van der Waals surface area contributed by atoms with Gasteiger partial charge in [0.25, 0.3) is 5.56 Å². The fraction of sp³-hybridized carbons (Fsp3) is 0.240. The van der Waals surface area contributed by atoms with Crippen molar-refractivity contribution in [1.29, 1.82) is 0 Å². The Morgan fingerprint density at radius 1 is 1.31 bits per heavy atom. The van der Waals surface area contributed by atoms with Crippen LogP contribution in [0.4, 0.5) is 14.9 Å². The van der Waals surface area contributed by atoms with Crippen molar-refractivity contribution in [2.24, 2.45) is 5.73 Å². The fourth-order valence-corrected chi connectivity index (χ4v) is 3.76. The minimum Gasteiger partial charge on any atom is -0.385 e. The summed E-state index contributed by atoms with van der Waals surface area (Å²) in [6, 6.07) is 5.82. The van der Waals surface area contributed by atoms with Crippen LogP contribution in [0.5, 0.6) is 0 Å². The molecule has 190 valence electrons. The number of carbonyl (C=O) groups excluding carboxylic acids is 2. The molecule has 2 atom stereocenters. The third-order valence-corrected chi connectivity index (χ3v) is 5.93. The third kappa shape index (κ3) is 6.21. The number of nitrogens with one attached hydrogen (secondary N) is 2. The van der Waals surface area contributed by atoms with E-state index in [0.29, 0.717) is 16.3 Å². The number of benzene rings is 1. The molecule has 2 heterocycles. The van der Waals surface area contributed by atoms with Crippen LogP contribution < -0.4 is 21.9 Å². The van der Waals surface area contributed by atoms with Gasteiger partial charge in [0.05, 0.1) is 17.5 Å². The molecule has 1 aliphatic rings. The SMILES string of the molecule is C=C/C(Cl)=C\C=C(/N)NC(=O)N1C[C@H](OC)C[C@@H]1C(=O)Nc1ccc(-n2cccc(C)c2=O)cc1F. The van der Waals surface area contributed by atoms with E-state index in [9.17, 15) is 18.8 Å². The van der Waals surface area contributed by atoms with Gasteiger partial charge in [0.2, 0.25) is 5.91 Å². The maximum Gasteiger partial charge on any atom is 0.323 e. The number of carbonyl (C=O) groups is 2. The van der Waals surface area contributed by atoms with E-state index in [0.717, 1.165) is 6.07 Å². The summed E-state index contributed by atoms with van der Waals surface area (Å²) >= 11 is 5.83. The Morgan fingerprint density at radius 3 is 2.72 bits per heavy atom. The molecule has 4 N–H and O–H groups in total. The minimum atomic E-state index is -0.937. The predicted molar refractivity (Wildman–Crippen MR) is 136 cm³/mol. The first-order valence-corrected chi connectivity index (χ1v) is 11.4. The van der Waals surface area contributed by atoms with Crippen LogP contribution in [-0.2, 0) is 9.53 Å². The van der Waals surface area contributed by atoms with Gasteiger partial charge in [-0.25, -0.2) is 9.18 Å². The monoisotopic (exact) mass is 515 g/mol. The molecule has 0 saturated carbocycles. The van der Waals surface area contributed by atoms with E-state index in [2.05, 4.69) is 17.2 Å². The van der Waals surface area contributed by atoms with Gasteiger partial charge in [0.1, 0.15) is 17.7 Å². The molecule has 1 aromatic heterocycles. The summed E-state index contributed by atoms with van der Waals surface area (Å²) in [6.07, 6.45) is 5.59. The number of ether oxygens (including phenoxy) is 1. The number of hydrogen-bond acceptors (Lipinski definition) is 5. The number of nitrogens with zero attached hydrogens (tertiary/aromatic N) is 2. The third-order valence-electron chi connectivity index (χ3n) is 5.65. The summed E-state index contributed by atoms with van der Waals surface area (Å²) in [4.78, 5) is 39.4. The van der Waals surface area contributed by atoms with Crippen LogP contribution in [0.1, 0.15) is 12.0 Å². The lowest BCUT2D eigenvalue weighted by molar-refractivity contribution is -0.119. The van der Waals surface area contributed by atoms with Gasteiger partial charge in [-0.3, -0.25) is 19.5 Å². The molecule has 0 bridgehead atoms. The fourth-order valence-electron chi connectivity index (χ4n) is 3.69. The van der Waals surface area contributed by atoms with Crippen LogP contribution in [-0.4, -0.2) is 47.2 Å². The number of urea groups is 1. The molecule has 0 aliphatic carbocycles. The zero-order valence-electron chi connectivity index (χ0n) is 19.8. The van der Waals surface area contributed by atoms with E-state index < -0.39 is 29.9 Å². The van der Waals surface area contributed by atoms with Crippen molar-refractivity contribution in [3.05, 3.63) is 93.9 Å².